The van der Waals surface area contributed by atoms with Crippen LogP contribution < -0.4 is 9.46 Å². The lowest BCUT2D eigenvalue weighted by molar-refractivity contribution is 0.0876. The molecule has 1 N–H and O–H groups in total. The Morgan fingerprint density at radius 1 is 1.03 bits per heavy atom. The molecule has 0 bridgehead atoms. The van der Waals surface area contributed by atoms with Gasteiger partial charge in [0.2, 0.25) is 10.0 Å². The number of hydrogen-bond acceptors (Lipinski definition) is 4. The lowest BCUT2D eigenvalue weighted by Crippen LogP contribution is -2.49. The van der Waals surface area contributed by atoms with Crippen LogP contribution >= 0.6 is 0 Å². The molecule has 1 heterocycles. The Morgan fingerprint density at radius 2 is 1.84 bits per heavy atom. The molecule has 3 aliphatic rings. The first-order chi connectivity index (χ1) is 15.6. The predicted octanol–water partition coefficient (Wildman–Crippen LogP) is 3.74. The summed E-state index contributed by atoms with van der Waals surface area (Å²) in [6.07, 6.45) is 6.75. The predicted molar refractivity (Wildman–Crippen MR) is 128 cm³/mol. The molecular formula is C26H34N2O3S. The Labute approximate surface area is 192 Å². The Morgan fingerprint density at radius 3 is 2.56 bits per heavy atom. The monoisotopic (exact) mass is 454 g/mol. The van der Waals surface area contributed by atoms with E-state index in [0.29, 0.717) is 31.0 Å². The molecule has 0 radical (unpaired) electrons. The van der Waals surface area contributed by atoms with E-state index < -0.39 is 10.0 Å². The average molecular weight is 455 g/mol. The molecule has 5 nitrogen and oxygen atoms in total. The molecule has 0 spiro atoms. The van der Waals surface area contributed by atoms with Crippen molar-refractivity contribution in [1.82, 2.24) is 9.62 Å². The van der Waals surface area contributed by atoms with Gasteiger partial charge in [-0.1, -0.05) is 36.4 Å². The van der Waals surface area contributed by atoms with Gasteiger partial charge in [-0.3, -0.25) is 4.90 Å². The number of aryl methyl sites for hydroxylation is 1. The van der Waals surface area contributed by atoms with Crippen LogP contribution in [0.25, 0.3) is 0 Å². The number of hydrogen-bond donors (Lipinski definition) is 1. The van der Waals surface area contributed by atoms with Crippen molar-refractivity contribution in [2.24, 2.45) is 5.92 Å². The van der Waals surface area contributed by atoms with Crippen LogP contribution in [0.1, 0.15) is 48.3 Å². The summed E-state index contributed by atoms with van der Waals surface area (Å²) in [5.74, 6) is 1.91. The summed E-state index contributed by atoms with van der Waals surface area (Å²) in [7, 11) is -3.18. The molecule has 172 valence electrons. The van der Waals surface area contributed by atoms with Crippen molar-refractivity contribution < 1.29 is 13.2 Å². The third-order valence-corrected chi connectivity index (χ3v) is 8.75. The fraction of sp³-hybridized carbons (Fsp3) is 0.538. The highest BCUT2D eigenvalue weighted by Crippen LogP contribution is 2.40. The van der Waals surface area contributed by atoms with Crippen molar-refractivity contribution in [2.45, 2.75) is 50.5 Å². The number of rotatable bonds is 10. The number of likely N-dealkylation sites (tertiary alicyclic amines) is 1. The molecule has 0 aromatic heterocycles. The number of sulfonamides is 1. The highest BCUT2D eigenvalue weighted by Gasteiger charge is 2.36. The standard InChI is InChI=1S/C26H34N2O3S/c29-32(30,19-21-7-8-21)27-13-16-31-23-11-9-22-10-12-26(28-14-4-15-28)25(24(22)18-23)17-20-5-2-1-3-6-20/h1-3,5-6,9,11,18,21,25-27H,4,7-8,10,12-17,19H2/t25-,26+/m1/s1. The van der Waals surface area contributed by atoms with Gasteiger partial charge in [-0.25, -0.2) is 13.1 Å². The molecular weight excluding hydrogens is 420 g/mol. The van der Waals surface area contributed by atoms with Crippen LogP contribution in [0.15, 0.2) is 48.5 Å². The maximum absolute atomic E-state index is 12.1. The molecule has 0 amide bonds. The van der Waals surface area contributed by atoms with Crippen LogP contribution in [0.4, 0.5) is 0 Å². The first-order valence-electron chi connectivity index (χ1n) is 12.1. The van der Waals surface area contributed by atoms with E-state index in [2.05, 4.69) is 52.1 Å². The van der Waals surface area contributed by atoms with E-state index in [9.17, 15) is 8.42 Å². The summed E-state index contributed by atoms with van der Waals surface area (Å²) in [6.45, 7) is 3.09. The van der Waals surface area contributed by atoms with Gasteiger partial charge in [-0.15, -0.1) is 0 Å². The second kappa shape index (κ2) is 9.54. The van der Waals surface area contributed by atoms with E-state index in [1.807, 2.05) is 6.07 Å². The molecule has 2 atom stereocenters. The molecule has 2 aliphatic carbocycles. The third kappa shape index (κ3) is 5.36. The topological polar surface area (TPSA) is 58.6 Å². The fourth-order valence-electron chi connectivity index (χ4n) is 5.19. The summed E-state index contributed by atoms with van der Waals surface area (Å²) < 4.78 is 32.8. The normalized spacial score (nSPS) is 23.4. The molecule has 1 saturated carbocycles. The van der Waals surface area contributed by atoms with E-state index >= 15 is 0 Å². The van der Waals surface area contributed by atoms with Gasteiger partial charge < -0.3 is 4.74 Å². The molecule has 6 heteroatoms. The summed E-state index contributed by atoms with van der Waals surface area (Å²) in [5.41, 5.74) is 4.22. The van der Waals surface area contributed by atoms with E-state index in [1.54, 1.807) is 0 Å². The van der Waals surface area contributed by atoms with Crippen LogP contribution in [-0.4, -0.2) is 51.4 Å². The van der Waals surface area contributed by atoms with Gasteiger partial charge in [0.25, 0.3) is 0 Å². The number of benzene rings is 2. The first kappa shape index (κ1) is 21.9. The lowest BCUT2D eigenvalue weighted by atomic mass is 9.75. The van der Waals surface area contributed by atoms with E-state index in [-0.39, 0.29) is 5.75 Å². The van der Waals surface area contributed by atoms with Crippen molar-refractivity contribution in [3.63, 3.8) is 0 Å². The van der Waals surface area contributed by atoms with Crippen LogP contribution in [0.3, 0.4) is 0 Å². The van der Waals surface area contributed by atoms with Crippen molar-refractivity contribution >= 4 is 10.0 Å². The van der Waals surface area contributed by atoms with Gasteiger partial charge >= 0.3 is 0 Å². The quantitative estimate of drug-likeness (QED) is 0.556. The maximum atomic E-state index is 12.1. The Bertz CT molecular complexity index is 1020. The minimum atomic E-state index is -3.18. The number of nitrogens with one attached hydrogen (secondary N) is 1. The summed E-state index contributed by atoms with van der Waals surface area (Å²) in [5, 5.41) is 0. The largest absolute Gasteiger partial charge is 0.492 e. The molecule has 2 aromatic rings. The Hall–Kier alpha value is -1.89. The maximum Gasteiger partial charge on any atom is 0.211 e. The zero-order valence-corrected chi connectivity index (χ0v) is 19.5. The molecule has 1 aliphatic heterocycles. The van der Waals surface area contributed by atoms with Gasteiger partial charge in [-0.05, 0) is 86.4 Å². The Kier molecular flexibility index (Phi) is 6.54. The van der Waals surface area contributed by atoms with Gasteiger partial charge in [0, 0.05) is 18.5 Å². The van der Waals surface area contributed by atoms with Crippen LogP contribution in [0, 0.1) is 5.92 Å². The number of ether oxygens (including phenoxy) is 1. The zero-order chi connectivity index (χ0) is 22.0. The van der Waals surface area contributed by atoms with Crippen molar-refractivity contribution in [1.29, 1.82) is 0 Å². The van der Waals surface area contributed by atoms with E-state index in [1.165, 1.54) is 42.6 Å². The summed E-state index contributed by atoms with van der Waals surface area (Å²) in [6, 6.07) is 17.9. The summed E-state index contributed by atoms with van der Waals surface area (Å²) in [4.78, 5) is 2.65. The lowest BCUT2D eigenvalue weighted by Gasteiger charge is -2.45. The second-order valence-corrected chi connectivity index (χ2v) is 11.5. The van der Waals surface area contributed by atoms with Crippen LogP contribution in [-0.2, 0) is 22.9 Å². The zero-order valence-electron chi connectivity index (χ0n) is 18.7. The molecule has 1 saturated heterocycles. The molecule has 5 rings (SSSR count). The highest BCUT2D eigenvalue weighted by atomic mass is 32.2. The van der Waals surface area contributed by atoms with Crippen LogP contribution in [0.5, 0.6) is 5.75 Å². The van der Waals surface area contributed by atoms with Crippen LogP contribution in [0.2, 0.25) is 0 Å². The van der Waals surface area contributed by atoms with Gasteiger partial charge in [0.05, 0.1) is 5.75 Å². The fourth-order valence-corrected chi connectivity index (χ4v) is 6.66. The molecule has 2 aromatic carbocycles. The average Bonchev–Trinajstić information content (AvgIpc) is 3.55. The van der Waals surface area contributed by atoms with Gasteiger partial charge in [-0.2, -0.15) is 0 Å². The number of nitrogens with zero attached hydrogens (tertiary/aromatic N) is 1. The smallest absolute Gasteiger partial charge is 0.211 e. The molecule has 2 fully saturated rings. The van der Waals surface area contributed by atoms with Gasteiger partial charge in [0.1, 0.15) is 12.4 Å². The number of fused-ring (bicyclic) bond motifs is 1. The molecule has 32 heavy (non-hydrogen) atoms. The van der Waals surface area contributed by atoms with E-state index in [0.717, 1.165) is 31.4 Å². The minimum absolute atomic E-state index is 0.255. The highest BCUT2D eigenvalue weighted by molar-refractivity contribution is 7.89. The second-order valence-electron chi connectivity index (χ2n) is 9.62. The van der Waals surface area contributed by atoms with Gasteiger partial charge in [0.15, 0.2) is 0 Å². The van der Waals surface area contributed by atoms with E-state index in [4.69, 9.17) is 4.74 Å². The SMILES string of the molecule is O=S(=O)(CC1CC1)NCCOc1ccc2c(c1)[C@@H](Cc1ccccc1)[C@@H](N1CCC1)CC2. The van der Waals surface area contributed by atoms with Crippen molar-refractivity contribution in [3.8, 4) is 5.75 Å². The summed E-state index contributed by atoms with van der Waals surface area (Å²) >= 11 is 0. The van der Waals surface area contributed by atoms with Crippen molar-refractivity contribution in [3.05, 3.63) is 65.2 Å². The first-order valence-corrected chi connectivity index (χ1v) is 13.7. The minimum Gasteiger partial charge on any atom is -0.492 e. The third-order valence-electron chi connectivity index (χ3n) is 7.19. The van der Waals surface area contributed by atoms with Crippen molar-refractivity contribution in [2.75, 3.05) is 32.0 Å². The Balaban J connectivity index is 1.27. The molecule has 0 unspecified atom stereocenters.